The monoisotopic (exact) mass is 855 g/mol. The van der Waals surface area contributed by atoms with Crippen molar-refractivity contribution in [1.29, 1.82) is 0 Å². The fraction of sp³-hybridized carbons (Fsp3) is 0.800. The number of allylic oxidation sites excluding steroid dienone is 8. The van der Waals surface area contributed by atoms with Crippen LogP contribution in [0, 0.1) is 0 Å². The molecular weight excluding hydrogens is 757 g/mol. The average Bonchev–Trinajstić information content (AvgIpc) is 3.26. The molecule has 0 rings (SSSR count). The molecule has 61 heavy (non-hydrogen) atoms. The van der Waals surface area contributed by atoms with Crippen molar-refractivity contribution < 1.29 is 28.6 Å². The Bertz CT molecular complexity index is 1070. The molecule has 0 amide bonds. The molecule has 0 radical (unpaired) electrons. The lowest BCUT2D eigenvalue weighted by molar-refractivity contribution is -0.167. The van der Waals surface area contributed by atoms with Gasteiger partial charge in [0.25, 0.3) is 0 Å². The molecule has 0 saturated heterocycles. The van der Waals surface area contributed by atoms with Crippen molar-refractivity contribution >= 4 is 17.9 Å². The van der Waals surface area contributed by atoms with Crippen molar-refractivity contribution in [3.63, 3.8) is 0 Å². The highest BCUT2D eigenvalue weighted by Crippen LogP contribution is 2.15. The second kappa shape index (κ2) is 50.0. The highest BCUT2D eigenvalue weighted by molar-refractivity contribution is 5.71. The summed E-state index contributed by atoms with van der Waals surface area (Å²) in [6.07, 6.45) is 59.6. The van der Waals surface area contributed by atoms with Crippen LogP contribution in [0.15, 0.2) is 48.6 Å². The lowest BCUT2D eigenvalue weighted by atomic mass is 10.0. The molecule has 0 aliphatic carbocycles. The molecule has 0 fully saturated rings. The lowest BCUT2D eigenvalue weighted by Crippen LogP contribution is -2.30. The molecule has 1 unspecified atom stereocenters. The first kappa shape index (κ1) is 58.4. The van der Waals surface area contributed by atoms with Crippen LogP contribution >= 0.6 is 0 Å². The molecular formula is C55H98O6. The summed E-state index contributed by atoms with van der Waals surface area (Å²) in [5.41, 5.74) is 0. The van der Waals surface area contributed by atoms with E-state index in [0.29, 0.717) is 25.7 Å². The van der Waals surface area contributed by atoms with Crippen molar-refractivity contribution in [2.45, 2.75) is 271 Å². The quantitative estimate of drug-likeness (QED) is 0.0199. The highest BCUT2D eigenvalue weighted by atomic mass is 16.6. The molecule has 0 N–H and O–H groups in total. The van der Waals surface area contributed by atoms with Gasteiger partial charge in [0, 0.05) is 19.3 Å². The molecule has 0 aromatic rings. The zero-order valence-electron chi connectivity index (χ0n) is 40.4. The second-order valence-electron chi connectivity index (χ2n) is 17.5. The molecule has 0 aliphatic heterocycles. The van der Waals surface area contributed by atoms with Gasteiger partial charge in [-0.25, -0.2) is 0 Å². The molecule has 0 aromatic heterocycles. The largest absolute Gasteiger partial charge is 0.462 e. The van der Waals surface area contributed by atoms with Crippen molar-refractivity contribution in [1.82, 2.24) is 0 Å². The Morgan fingerprint density at radius 1 is 0.328 bits per heavy atom. The highest BCUT2D eigenvalue weighted by Gasteiger charge is 2.19. The van der Waals surface area contributed by atoms with E-state index in [1.54, 1.807) is 0 Å². The molecule has 0 bridgehead atoms. The van der Waals surface area contributed by atoms with Gasteiger partial charge in [0.1, 0.15) is 13.2 Å². The van der Waals surface area contributed by atoms with Gasteiger partial charge in [-0.2, -0.15) is 0 Å². The molecule has 0 aromatic carbocycles. The Hall–Kier alpha value is -2.63. The van der Waals surface area contributed by atoms with Gasteiger partial charge < -0.3 is 14.2 Å². The van der Waals surface area contributed by atoms with Gasteiger partial charge in [-0.05, 0) is 64.2 Å². The van der Waals surface area contributed by atoms with Crippen molar-refractivity contribution in [3.05, 3.63) is 48.6 Å². The maximum Gasteiger partial charge on any atom is 0.306 e. The summed E-state index contributed by atoms with van der Waals surface area (Å²) < 4.78 is 16.7. The summed E-state index contributed by atoms with van der Waals surface area (Å²) in [7, 11) is 0. The van der Waals surface area contributed by atoms with E-state index in [-0.39, 0.29) is 31.1 Å². The number of hydrogen-bond acceptors (Lipinski definition) is 6. The molecule has 1 atom stereocenters. The number of unbranched alkanes of at least 4 members (excludes halogenated alkanes) is 30. The Balaban J connectivity index is 4.35. The first-order valence-corrected chi connectivity index (χ1v) is 26.2. The standard InChI is InChI=1S/C55H98O6/c1-4-7-10-13-16-19-21-23-25-27-28-30-31-33-36-39-42-45-48-54(57)60-51-52(50-59-53(56)47-44-41-38-35-18-15-12-9-6-3)61-55(58)49-46-43-40-37-34-32-29-26-24-22-20-17-14-11-8-5-2/h21,23,25,27-28,30,35,38,52H,4-20,22,24,26,29,31-34,36-37,39-51H2,1-3H3/b23-21-,27-25-,30-28-,38-35-. The van der Waals surface area contributed by atoms with E-state index in [4.69, 9.17) is 14.2 Å². The molecule has 6 heteroatoms. The molecule has 0 saturated carbocycles. The van der Waals surface area contributed by atoms with Gasteiger partial charge in [-0.15, -0.1) is 0 Å². The van der Waals surface area contributed by atoms with Crippen LogP contribution in [0.4, 0.5) is 0 Å². The van der Waals surface area contributed by atoms with E-state index in [9.17, 15) is 14.4 Å². The predicted octanol–water partition coefficient (Wildman–Crippen LogP) is 17.1. The Kier molecular flexibility index (Phi) is 47.9. The fourth-order valence-electron chi connectivity index (χ4n) is 7.39. The van der Waals surface area contributed by atoms with Crippen LogP contribution in [0.1, 0.15) is 265 Å². The lowest BCUT2D eigenvalue weighted by Gasteiger charge is -2.18. The molecule has 354 valence electrons. The number of carbonyl (C=O) groups excluding carboxylic acids is 3. The summed E-state index contributed by atoms with van der Waals surface area (Å²) >= 11 is 0. The summed E-state index contributed by atoms with van der Waals surface area (Å²) in [6.45, 7) is 6.56. The maximum absolute atomic E-state index is 12.8. The van der Waals surface area contributed by atoms with Gasteiger partial charge in [0.15, 0.2) is 6.10 Å². The second-order valence-corrected chi connectivity index (χ2v) is 17.5. The number of carbonyl (C=O) groups is 3. The minimum absolute atomic E-state index is 0.0901. The van der Waals surface area contributed by atoms with Crippen molar-refractivity contribution in [2.24, 2.45) is 0 Å². The van der Waals surface area contributed by atoms with E-state index >= 15 is 0 Å². The summed E-state index contributed by atoms with van der Waals surface area (Å²) in [6, 6.07) is 0. The third-order valence-corrected chi connectivity index (χ3v) is 11.4. The summed E-state index contributed by atoms with van der Waals surface area (Å²) in [4.78, 5) is 37.9. The summed E-state index contributed by atoms with van der Waals surface area (Å²) in [5.74, 6) is -0.936. The van der Waals surface area contributed by atoms with Gasteiger partial charge in [-0.3, -0.25) is 14.4 Å². The molecule has 0 aliphatic rings. The van der Waals surface area contributed by atoms with Crippen molar-refractivity contribution in [2.75, 3.05) is 13.2 Å². The van der Waals surface area contributed by atoms with Gasteiger partial charge in [0.05, 0.1) is 0 Å². The Morgan fingerprint density at radius 2 is 0.623 bits per heavy atom. The van der Waals surface area contributed by atoms with Gasteiger partial charge in [0.2, 0.25) is 0 Å². The normalized spacial score (nSPS) is 12.4. The average molecular weight is 855 g/mol. The van der Waals surface area contributed by atoms with E-state index in [1.165, 1.54) is 148 Å². The van der Waals surface area contributed by atoms with E-state index < -0.39 is 6.10 Å². The van der Waals surface area contributed by atoms with Crippen LogP contribution in [-0.2, 0) is 28.6 Å². The number of ether oxygens (including phenoxy) is 3. The molecule has 0 spiro atoms. The summed E-state index contributed by atoms with van der Waals surface area (Å²) in [5, 5.41) is 0. The zero-order valence-corrected chi connectivity index (χ0v) is 40.4. The number of rotatable bonds is 47. The van der Waals surface area contributed by atoms with Crippen LogP contribution in [0.2, 0.25) is 0 Å². The molecule has 0 heterocycles. The van der Waals surface area contributed by atoms with E-state index in [0.717, 1.165) is 70.6 Å². The van der Waals surface area contributed by atoms with Crippen molar-refractivity contribution in [3.8, 4) is 0 Å². The minimum atomic E-state index is -0.788. The molecule has 6 nitrogen and oxygen atoms in total. The van der Waals surface area contributed by atoms with E-state index in [1.807, 2.05) is 0 Å². The van der Waals surface area contributed by atoms with Crippen LogP contribution in [0.5, 0.6) is 0 Å². The Morgan fingerprint density at radius 3 is 1.03 bits per heavy atom. The van der Waals surface area contributed by atoms with Crippen LogP contribution in [-0.4, -0.2) is 37.2 Å². The first-order chi connectivity index (χ1) is 30.0. The predicted molar refractivity (Wildman–Crippen MR) is 261 cm³/mol. The van der Waals surface area contributed by atoms with Crippen LogP contribution in [0.3, 0.4) is 0 Å². The SMILES string of the molecule is CCCCCC/C=C\CCCC(=O)OCC(COC(=O)CCCCCCC\C=C/C=C\C=C/CCCCCCC)OC(=O)CCCCCCCCCCCCCCCCCC. The fourth-order valence-corrected chi connectivity index (χ4v) is 7.39. The van der Waals surface area contributed by atoms with Crippen LogP contribution in [0.25, 0.3) is 0 Å². The Labute approximate surface area is 378 Å². The minimum Gasteiger partial charge on any atom is -0.462 e. The first-order valence-electron chi connectivity index (χ1n) is 26.2. The van der Waals surface area contributed by atoms with E-state index in [2.05, 4.69) is 69.4 Å². The van der Waals surface area contributed by atoms with Gasteiger partial charge >= 0.3 is 17.9 Å². The number of hydrogen-bond donors (Lipinski definition) is 0. The third-order valence-electron chi connectivity index (χ3n) is 11.4. The maximum atomic E-state index is 12.8. The number of esters is 3. The third kappa shape index (κ3) is 48.3. The van der Waals surface area contributed by atoms with Crippen LogP contribution < -0.4 is 0 Å². The van der Waals surface area contributed by atoms with Gasteiger partial charge in [-0.1, -0.05) is 230 Å². The topological polar surface area (TPSA) is 78.9 Å². The zero-order chi connectivity index (χ0) is 44.4. The smallest absolute Gasteiger partial charge is 0.306 e.